The highest BCUT2D eigenvalue weighted by Crippen LogP contribution is 2.30. The van der Waals surface area contributed by atoms with Crippen molar-refractivity contribution in [1.82, 2.24) is 4.90 Å². The number of amidine groups is 1. The summed E-state index contributed by atoms with van der Waals surface area (Å²) in [6, 6.07) is 30.4. The molecule has 2 N–H and O–H groups in total. The Bertz CT molecular complexity index is 1160. The van der Waals surface area contributed by atoms with Gasteiger partial charge in [-0.25, -0.2) is 9.59 Å². The van der Waals surface area contributed by atoms with Gasteiger partial charge in [0.1, 0.15) is 0 Å². The van der Waals surface area contributed by atoms with Crippen LogP contribution in [0.4, 0.5) is 0 Å². The summed E-state index contributed by atoms with van der Waals surface area (Å²) in [5.41, 5.74) is 5.46. The summed E-state index contributed by atoms with van der Waals surface area (Å²) in [5.74, 6) is -1.31. The number of hydrogen-bond donors (Lipinski definition) is 2. The number of aliphatic imine (C=N–C) groups is 1. The van der Waals surface area contributed by atoms with E-state index in [0.29, 0.717) is 12.2 Å². The summed E-state index contributed by atoms with van der Waals surface area (Å²) >= 11 is 0. The van der Waals surface area contributed by atoms with Gasteiger partial charge in [0.15, 0.2) is 0 Å². The van der Waals surface area contributed by atoms with E-state index in [1.165, 1.54) is 28.1 Å². The zero-order chi connectivity index (χ0) is 25.0. The predicted molar refractivity (Wildman–Crippen MR) is 137 cm³/mol. The van der Waals surface area contributed by atoms with Crippen LogP contribution < -0.4 is 0 Å². The topological polar surface area (TPSA) is 90.2 Å². The number of benzene rings is 3. The number of carboxylic acids is 2. The maximum Gasteiger partial charge on any atom is 0.328 e. The Balaban J connectivity index is 0.000000371. The smallest absolute Gasteiger partial charge is 0.328 e. The number of hydrogen-bond acceptors (Lipinski definition) is 4. The molecule has 4 rings (SSSR count). The van der Waals surface area contributed by atoms with E-state index in [4.69, 9.17) is 15.2 Å². The molecule has 6 heteroatoms. The molecule has 0 saturated carbocycles. The highest BCUT2D eigenvalue weighted by molar-refractivity contribution is 5.89. The number of carbonyl (C=O) groups is 2. The van der Waals surface area contributed by atoms with Crippen molar-refractivity contribution in [2.24, 2.45) is 4.99 Å². The molecule has 0 spiro atoms. The monoisotopic (exact) mass is 470 g/mol. The first-order valence-electron chi connectivity index (χ1n) is 11.5. The molecule has 0 bridgehead atoms. The van der Waals surface area contributed by atoms with Gasteiger partial charge in [-0.1, -0.05) is 84.9 Å². The molecule has 0 saturated heterocycles. The fraction of sp³-hybridized carbons (Fsp3) is 0.207. The second kappa shape index (κ2) is 12.9. The zero-order valence-electron chi connectivity index (χ0n) is 19.7. The Hall–Kier alpha value is -4.19. The van der Waals surface area contributed by atoms with E-state index in [2.05, 4.69) is 96.9 Å². The Morgan fingerprint density at radius 3 is 1.97 bits per heavy atom. The lowest BCUT2D eigenvalue weighted by Gasteiger charge is -2.20. The Labute approximate surface area is 205 Å². The number of aliphatic carboxylic acids is 2. The van der Waals surface area contributed by atoms with Crippen LogP contribution in [-0.2, 0) is 29.0 Å². The lowest BCUT2D eigenvalue weighted by molar-refractivity contribution is -0.134. The second-order valence-corrected chi connectivity index (χ2v) is 8.30. The fourth-order valence-electron chi connectivity index (χ4n) is 3.99. The molecule has 1 aliphatic heterocycles. The van der Waals surface area contributed by atoms with Gasteiger partial charge < -0.3 is 15.1 Å². The highest BCUT2D eigenvalue weighted by atomic mass is 16.4. The summed E-state index contributed by atoms with van der Waals surface area (Å²) in [4.78, 5) is 26.7. The zero-order valence-corrected chi connectivity index (χ0v) is 19.7. The number of aryl methyl sites for hydroxylation is 1. The lowest BCUT2D eigenvalue weighted by atomic mass is 9.95. The van der Waals surface area contributed by atoms with Crippen LogP contribution in [0.2, 0.25) is 0 Å². The SMILES string of the molecule is CN1Cc2ccccc2C(Cc2ccccc2)N=C1CCc1ccccc1.O=C(O)/C=C/C(=O)O. The third kappa shape index (κ3) is 8.27. The summed E-state index contributed by atoms with van der Waals surface area (Å²) in [6.07, 6.45) is 4.06. The van der Waals surface area contributed by atoms with Crippen molar-refractivity contribution >= 4 is 17.8 Å². The van der Waals surface area contributed by atoms with Crippen molar-refractivity contribution in [2.75, 3.05) is 7.05 Å². The largest absolute Gasteiger partial charge is 0.478 e. The Morgan fingerprint density at radius 1 is 0.829 bits per heavy atom. The molecule has 6 nitrogen and oxygen atoms in total. The second-order valence-electron chi connectivity index (χ2n) is 8.30. The molecule has 1 aliphatic rings. The average molecular weight is 471 g/mol. The molecule has 0 fully saturated rings. The number of nitrogens with zero attached hydrogens (tertiary/aromatic N) is 2. The standard InChI is InChI=1S/C25H26N2.C4H4O4/c1-27-19-22-14-8-9-15-23(22)24(18-21-12-6-3-7-13-21)26-25(27)17-16-20-10-4-2-5-11-20;5-3(6)1-2-4(7)8/h2-15,24H,16-19H2,1H3;1-2H,(H,5,6)(H,7,8)/b;2-1+. The van der Waals surface area contributed by atoms with Gasteiger partial charge in [-0.05, 0) is 35.1 Å². The highest BCUT2D eigenvalue weighted by Gasteiger charge is 2.22. The van der Waals surface area contributed by atoms with Crippen LogP contribution in [0.25, 0.3) is 0 Å². The van der Waals surface area contributed by atoms with E-state index in [1.54, 1.807) is 0 Å². The van der Waals surface area contributed by atoms with Crippen molar-refractivity contribution in [1.29, 1.82) is 0 Å². The molecular weight excluding hydrogens is 440 g/mol. The van der Waals surface area contributed by atoms with E-state index in [9.17, 15) is 9.59 Å². The van der Waals surface area contributed by atoms with Crippen LogP contribution in [0.3, 0.4) is 0 Å². The molecule has 3 aromatic rings. The fourth-order valence-corrected chi connectivity index (χ4v) is 3.99. The maximum absolute atomic E-state index is 9.55. The molecule has 0 aromatic heterocycles. The van der Waals surface area contributed by atoms with Crippen LogP contribution in [0.1, 0.15) is 34.7 Å². The van der Waals surface area contributed by atoms with E-state index in [-0.39, 0.29) is 6.04 Å². The average Bonchev–Trinajstić information content (AvgIpc) is 2.99. The molecule has 3 aromatic carbocycles. The van der Waals surface area contributed by atoms with Crippen molar-refractivity contribution in [2.45, 2.75) is 31.8 Å². The quantitative estimate of drug-likeness (QED) is 0.466. The normalized spacial score (nSPS) is 14.8. The molecule has 1 unspecified atom stereocenters. The van der Waals surface area contributed by atoms with Gasteiger partial charge in [0.2, 0.25) is 0 Å². The summed E-state index contributed by atoms with van der Waals surface area (Å²) in [6.45, 7) is 0.926. The van der Waals surface area contributed by atoms with Crippen LogP contribution in [-0.4, -0.2) is 39.9 Å². The lowest BCUT2D eigenvalue weighted by Crippen LogP contribution is -2.26. The van der Waals surface area contributed by atoms with Gasteiger partial charge in [-0.15, -0.1) is 0 Å². The number of fused-ring (bicyclic) bond motifs is 1. The molecule has 0 aliphatic carbocycles. The van der Waals surface area contributed by atoms with Crippen LogP contribution in [0.15, 0.2) is 102 Å². The molecule has 0 amide bonds. The van der Waals surface area contributed by atoms with Gasteiger partial charge in [-0.3, -0.25) is 4.99 Å². The minimum atomic E-state index is -1.26. The van der Waals surface area contributed by atoms with Crippen molar-refractivity contribution in [3.8, 4) is 0 Å². The van der Waals surface area contributed by atoms with Crippen molar-refractivity contribution < 1.29 is 19.8 Å². The maximum atomic E-state index is 9.55. The number of carboxylic acid groups (broad SMARTS) is 2. The molecule has 1 heterocycles. The van der Waals surface area contributed by atoms with E-state index < -0.39 is 11.9 Å². The minimum absolute atomic E-state index is 0.180. The first kappa shape index (κ1) is 25.4. The van der Waals surface area contributed by atoms with Gasteiger partial charge in [0.25, 0.3) is 0 Å². The molecule has 0 radical (unpaired) electrons. The van der Waals surface area contributed by atoms with Crippen molar-refractivity contribution in [3.05, 3.63) is 119 Å². The Kier molecular flexibility index (Phi) is 9.37. The first-order chi connectivity index (χ1) is 16.9. The molecule has 35 heavy (non-hydrogen) atoms. The molecule has 1 atom stereocenters. The van der Waals surface area contributed by atoms with Crippen LogP contribution >= 0.6 is 0 Å². The third-order valence-corrected chi connectivity index (χ3v) is 5.69. The summed E-state index contributed by atoms with van der Waals surface area (Å²) in [5, 5.41) is 15.6. The van der Waals surface area contributed by atoms with E-state index in [0.717, 1.165) is 25.8 Å². The summed E-state index contributed by atoms with van der Waals surface area (Å²) in [7, 11) is 2.17. The van der Waals surface area contributed by atoms with Crippen LogP contribution in [0, 0.1) is 0 Å². The van der Waals surface area contributed by atoms with E-state index in [1.807, 2.05) is 0 Å². The van der Waals surface area contributed by atoms with Crippen LogP contribution in [0.5, 0.6) is 0 Å². The minimum Gasteiger partial charge on any atom is -0.478 e. The van der Waals surface area contributed by atoms with Gasteiger partial charge in [0.05, 0.1) is 11.9 Å². The van der Waals surface area contributed by atoms with Gasteiger partial charge in [0, 0.05) is 32.2 Å². The first-order valence-corrected chi connectivity index (χ1v) is 11.5. The predicted octanol–water partition coefficient (Wildman–Crippen LogP) is 5.16. The molecular formula is C29H30N2O4. The number of rotatable bonds is 7. The van der Waals surface area contributed by atoms with Crippen molar-refractivity contribution in [3.63, 3.8) is 0 Å². The molecule has 180 valence electrons. The third-order valence-electron chi connectivity index (χ3n) is 5.69. The van der Waals surface area contributed by atoms with Gasteiger partial charge in [-0.2, -0.15) is 0 Å². The Morgan fingerprint density at radius 2 is 1.37 bits per heavy atom. The van der Waals surface area contributed by atoms with Gasteiger partial charge >= 0.3 is 11.9 Å². The summed E-state index contributed by atoms with van der Waals surface area (Å²) < 4.78 is 0. The van der Waals surface area contributed by atoms with E-state index >= 15 is 0 Å².